The van der Waals surface area contributed by atoms with Crippen LogP contribution in [0.5, 0.6) is 11.5 Å². The summed E-state index contributed by atoms with van der Waals surface area (Å²) in [5, 5.41) is 0.499. The molecule has 5 rings (SSSR count). The van der Waals surface area contributed by atoms with Crippen molar-refractivity contribution >= 4 is 34.9 Å². The van der Waals surface area contributed by atoms with Crippen LogP contribution in [0.2, 0.25) is 5.02 Å². The molecule has 2 aromatic rings. The average Bonchev–Trinajstić information content (AvgIpc) is 3.23. The topological polar surface area (TPSA) is 76.2 Å². The maximum Gasteiger partial charge on any atom is 0.228 e. The van der Waals surface area contributed by atoms with E-state index in [1.165, 1.54) is 0 Å². The van der Waals surface area contributed by atoms with Crippen molar-refractivity contribution < 1.29 is 23.9 Å². The zero-order chi connectivity index (χ0) is 24.9. The molecule has 1 unspecified atom stereocenters. The van der Waals surface area contributed by atoms with Crippen LogP contribution in [0.4, 0.5) is 5.69 Å². The Kier molecular flexibility index (Phi) is 5.99. The zero-order valence-corrected chi connectivity index (χ0v) is 21.0. The lowest BCUT2D eigenvalue weighted by Crippen LogP contribution is -2.53. The van der Waals surface area contributed by atoms with Gasteiger partial charge in [0.1, 0.15) is 17.1 Å². The van der Waals surface area contributed by atoms with E-state index >= 15 is 0 Å². The van der Waals surface area contributed by atoms with Crippen LogP contribution in [-0.4, -0.2) is 54.8 Å². The number of anilines is 1. The van der Waals surface area contributed by atoms with Gasteiger partial charge < -0.3 is 19.3 Å². The number of fused-ring (bicyclic) bond motifs is 1. The highest BCUT2D eigenvalue weighted by atomic mass is 35.5. The SMILES string of the molecule is COc1ccc(Cl)cc1N1CC(C(=O)N2CCC3(CC2)CC(=O)c2ccc(C)c(C)c2O3)CC1=O. The summed E-state index contributed by atoms with van der Waals surface area (Å²) in [6, 6.07) is 8.92. The highest BCUT2D eigenvalue weighted by Gasteiger charge is 2.46. The van der Waals surface area contributed by atoms with Crippen LogP contribution in [0.1, 0.15) is 47.2 Å². The number of aryl methyl sites for hydroxylation is 1. The highest BCUT2D eigenvalue weighted by Crippen LogP contribution is 2.42. The first-order valence-electron chi connectivity index (χ1n) is 12.0. The molecule has 35 heavy (non-hydrogen) atoms. The number of rotatable bonds is 3. The van der Waals surface area contributed by atoms with E-state index in [1.54, 1.807) is 30.2 Å². The Morgan fingerprint density at radius 3 is 2.60 bits per heavy atom. The number of amides is 2. The Labute approximate surface area is 209 Å². The molecular weight excluding hydrogens is 468 g/mol. The number of hydrogen-bond acceptors (Lipinski definition) is 5. The molecule has 8 heteroatoms. The molecule has 184 valence electrons. The summed E-state index contributed by atoms with van der Waals surface area (Å²) in [6.07, 6.45) is 1.65. The summed E-state index contributed by atoms with van der Waals surface area (Å²) in [6.45, 7) is 5.28. The maximum atomic E-state index is 13.4. The van der Waals surface area contributed by atoms with E-state index in [0.717, 1.165) is 11.1 Å². The van der Waals surface area contributed by atoms with Gasteiger partial charge in [0.15, 0.2) is 5.78 Å². The Hall–Kier alpha value is -3.06. The van der Waals surface area contributed by atoms with Crippen LogP contribution in [0.3, 0.4) is 0 Å². The van der Waals surface area contributed by atoms with E-state index in [0.29, 0.717) is 60.1 Å². The lowest BCUT2D eigenvalue weighted by molar-refractivity contribution is -0.139. The maximum absolute atomic E-state index is 13.4. The summed E-state index contributed by atoms with van der Waals surface area (Å²) >= 11 is 6.15. The Morgan fingerprint density at radius 1 is 1.14 bits per heavy atom. The molecule has 3 heterocycles. The fraction of sp³-hybridized carbons (Fsp3) is 0.444. The van der Waals surface area contributed by atoms with Crippen molar-refractivity contribution in [1.29, 1.82) is 0 Å². The van der Waals surface area contributed by atoms with E-state index in [9.17, 15) is 14.4 Å². The molecule has 0 aliphatic carbocycles. The second-order valence-corrected chi connectivity index (χ2v) is 10.3. The fourth-order valence-electron chi connectivity index (χ4n) is 5.43. The lowest BCUT2D eigenvalue weighted by atomic mass is 9.81. The summed E-state index contributed by atoms with van der Waals surface area (Å²) in [5.41, 5.74) is 2.74. The lowest BCUT2D eigenvalue weighted by Gasteiger charge is -2.44. The smallest absolute Gasteiger partial charge is 0.228 e. The van der Waals surface area contributed by atoms with Crippen molar-refractivity contribution in [3.05, 3.63) is 52.0 Å². The molecule has 3 aliphatic rings. The minimum absolute atomic E-state index is 0.0359. The molecule has 0 N–H and O–H groups in total. The normalized spacial score (nSPS) is 21.2. The van der Waals surface area contributed by atoms with Crippen LogP contribution in [0.25, 0.3) is 0 Å². The third-order valence-corrected chi connectivity index (χ3v) is 7.91. The highest BCUT2D eigenvalue weighted by molar-refractivity contribution is 6.31. The van der Waals surface area contributed by atoms with Gasteiger partial charge in [-0.05, 0) is 49.2 Å². The van der Waals surface area contributed by atoms with E-state index < -0.39 is 11.5 Å². The van der Waals surface area contributed by atoms with Crippen molar-refractivity contribution in [2.45, 2.75) is 45.1 Å². The molecule has 2 saturated heterocycles. The molecule has 0 bridgehead atoms. The predicted octanol–water partition coefficient (Wildman–Crippen LogP) is 4.34. The van der Waals surface area contributed by atoms with Crippen LogP contribution in [0, 0.1) is 19.8 Å². The Morgan fingerprint density at radius 2 is 1.89 bits per heavy atom. The van der Waals surface area contributed by atoms with E-state index in [4.69, 9.17) is 21.1 Å². The van der Waals surface area contributed by atoms with Crippen molar-refractivity contribution in [3.8, 4) is 11.5 Å². The van der Waals surface area contributed by atoms with E-state index in [1.807, 2.05) is 30.9 Å². The molecule has 7 nitrogen and oxygen atoms in total. The third kappa shape index (κ3) is 4.16. The minimum Gasteiger partial charge on any atom is -0.495 e. The number of carbonyl (C=O) groups excluding carboxylic acids is 3. The third-order valence-electron chi connectivity index (χ3n) is 7.67. The second-order valence-electron chi connectivity index (χ2n) is 9.82. The van der Waals surface area contributed by atoms with Gasteiger partial charge in [-0.2, -0.15) is 0 Å². The number of nitrogens with zero attached hydrogens (tertiary/aromatic N) is 2. The Bertz CT molecular complexity index is 1220. The molecule has 1 atom stereocenters. The van der Waals surface area contributed by atoms with Gasteiger partial charge in [0, 0.05) is 43.9 Å². The number of methoxy groups -OCH3 is 1. The number of ketones is 1. The minimum atomic E-state index is -0.578. The first-order chi connectivity index (χ1) is 16.7. The molecule has 2 amide bonds. The van der Waals surface area contributed by atoms with Crippen LogP contribution in [0.15, 0.2) is 30.3 Å². The number of benzene rings is 2. The van der Waals surface area contributed by atoms with Gasteiger partial charge in [0.2, 0.25) is 11.8 Å². The fourth-order valence-corrected chi connectivity index (χ4v) is 5.60. The summed E-state index contributed by atoms with van der Waals surface area (Å²) in [7, 11) is 1.54. The summed E-state index contributed by atoms with van der Waals surface area (Å²) in [5.74, 6) is 0.739. The molecule has 1 spiro atoms. The molecule has 0 radical (unpaired) electrons. The number of piperidine rings is 1. The van der Waals surface area contributed by atoms with Crippen LogP contribution < -0.4 is 14.4 Å². The zero-order valence-electron chi connectivity index (χ0n) is 20.2. The number of likely N-dealkylation sites (tertiary alicyclic amines) is 1. The second kappa shape index (κ2) is 8.86. The first kappa shape index (κ1) is 23.7. The molecule has 2 aromatic carbocycles. The van der Waals surface area contributed by atoms with Crippen molar-refractivity contribution in [2.24, 2.45) is 5.92 Å². The van der Waals surface area contributed by atoms with Crippen LogP contribution >= 0.6 is 11.6 Å². The number of ether oxygens (including phenoxy) is 2. The first-order valence-corrected chi connectivity index (χ1v) is 12.3. The number of hydrogen-bond donors (Lipinski definition) is 0. The molecule has 2 fully saturated rings. The quantitative estimate of drug-likeness (QED) is 0.631. The number of Topliss-reactive ketones (excluding diaryl/α,β-unsaturated/α-hetero) is 1. The van der Waals surface area contributed by atoms with Crippen molar-refractivity contribution in [3.63, 3.8) is 0 Å². The van der Waals surface area contributed by atoms with E-state index in [-0.39, 0.29) is 30.6 Å². The van der Waals surface area contributed by atoms with Crippen LogP contribution in [-0.2, 0) is 9.59 Å². The van der Waals surface area contributed by atoms with Gasteiger partial charge in [0.05, 0.1) is 30.7 Å². The monoisotopic (exact) mass is 496 g/mol. The molecular formula is C27H29ClN2O5. The molecule has 0 aromatic heterocycles. The average molecular weight is 497 g/mol. The van der Waals surface area contributed by atoms with Gasteiger partial charge in [-0.15, -0.1) is 0 Å². The summed E-state index contributed by atoms with van der Waals surface area (Å²) < 4.78 is 11.9. The van der Waals surface area contributed by atoms with Crippen molar-refractivity contribution in [1.82, 2.24) is 4.90 Å². The van der Waals surface area contributed by atoms with Gasteiger partial charge in [-0.3, -0.25) is 14.4 Å². The number of halogens is 1. The van der Waals surface area contributed by atoms with E-state index in [2.05, 4.69) is 0 Å². The van der Waals surface area contributed by atoms with Gasteiger partial charge in [-0.1, -0.05) is 17.7 Å². The standard InChI is InChI=1S/C27H29ClN2O5/c1-16-4-6-20-22(31)14-27(35-25(20)17(16)2)8-10-29(11-9-27)26(33)18-12-24(32)30(15-18)21-13-19(28)5-7-23(21)34-3/h4-7,13,18H,8-12,14-15H2,1-3H3. The Balaban J connectivity index is 1.27. The van der Waals surface area contributed by atoms with Gasteiger partial charge in [-0.25, -0.2) is 0 Å². The molecule has 3 aliphatic heterocycles. The number of carbonyl (C=O) groups is 3. The summed E-state index contributed by atoms with van der Waals surface area (Å²) in [4.78, 5) is 42.5. The van der Waals surface area contributed by atoms with Gasteiger partial charge in [0.25, 0.3) is 0 Å². The van der Waals surface area contributed by atoms with Gasteiger partial charge >= 0.3 is 0 Å². The van der Waals surface area contributed by atoms with Crippen molar-refractivity contribution in [2.75, 3.05) is 31.6 Å². The predicted molar refractivity (Wildman–Crippen MR) is 133 cm³/mol. The largest absolute Gasteiger partial charge is 0.495 e. The molecule has 0 saturated carbocycles.